The van der Waals surface area contributed by atoms with Gasteiger partial charge in [0.05, 0.1) is 0 Å². The van der Waals surface area contributed by atoms with Crippen molar-refractivity contribution in [2.45, 2.75) is 148 Å². The van der Waals surface area contributed by atoms with Gasteiger partial charge in [0.15, 0.2) is 0 Å². The van der Waals surface area contributed by atoms with E-state index in [0.29, 0.717) is 12.8 Å². The standard InChI is InChI=1S/C27H53O8P/c1-3-5-7-9-11-13-15-17-19-21-26(28)33-23-25(35-36(30,31)32)24-34-27(29)22-20-18-16-14-12-10-8-6-4-2/h25H,3-24H2,1-2H3,(H2,30,31,32). The molecule has 214 valence electrons. The fourth-order valence-corrected chi connectivity index (χ4v) is 4.49. The van der Waals surface area contributed by atoms with E-state index in [1.54, 1.807) is 0 Å². The lowest BCUT2D eigenvalue weighted by Gasteiger charge is -2.18. The Morgan fingerprint density at radius 2 is 0.889 bits per heavy atom. The molecule has 0 spiro atoms. The minimum atomic E-state index is -4.81. The normalized spacial score (nSPS) is 11.7. The molecule has 0 aliphatic rings. The number of rotatable bonds is 26. The molecule has 0 unspecified atom stereocenters. The van der Waals surface area contributed by atoms with E-state index in [1.165, 1.54) is 77.0 Å². The maximum absolute atomic E-state index is 12.0. The maximum Gasteiger partial charge on any atom is 0.470 e. The second kappa shape index (κ2) is 24.4. The van der Waals surface area contributed by atoms with Crippen molar-refractivity contribution in [1.82, 2.24) is 0 Å². The van der Waals surface area contributed by atoms with Gasteiger partial charge in [-0.3, -0.25) is 14.1 Å². The van der Waals surface area contributed by atoms with Gasteiger partial charge in [-0.1, -0.05) is 117 Å². The van der Waals surface area contributed by atoms with Crippen LogP contribution in [-0.4, -0.2) is 41.0 Å². The Morgan fingerprint density at radius 3 is 1.19 bits per heavy atom. The lowest BCUT2D eigenvalue weighted by atomic mass is 10.1. The Balaban J connectivity index is 3.98. The third kappa shape index (κ3) is 26.1. The second-order valence-corrected chi connectivity index (χ2v) is 10.9. The third-order valence-corrected chi connectivity index (χ3v) is 6.69. The monoisotopic (exact) mass is 536 g/mol. The predicted octanol–water partition coefficient (Wildman–Crippen LogP) is 7.39. The number of unbranched alkanes of at least 4 members (excludes halogenated alkanes) is 16. The third-order valence-electron chi connectivity index (χ3n) is 6.12. The molecular weight excluding hydrogens is 483 g/mol. The van der Waals surface area contributed by atoms with Crippen LogP contribution in [0.5, 0.6) is 0 Å². The molecule has 0 amide bonds. The van der Waals surface area contributed by atoms with Crippen molar-refractivity contribution in [2.24, 2.45) is 0 Å². The molecule has 0 rings (SSSR count). The van der Waals surface area contributed by atoms with E-state index in [-0.39, 0.29) is 26.1 Å². The summed E-state index contributed by atoms with van der Waals surface area (Å²) >= 11 is 0. The van der Waals surface area contributed by atoms with Crippen LogP contribution in [-0.2, 0) is 28.2 Å². The topological polar surface area (TPSA) is 119 Å². The molecule has 9 heteroatoms. The van der Waals surface area contributed by atoms with E-state index < -0.39 is 25.9 Å². The van der Waals surface area contributed by atoms with Crippen LogP contribution in [0.2, 0.25) is 0 Å². The van der Waals surface area contributed by atoms with Gasteiger partial charge in [0, 0.05) is 12.8 Å². The zero-order chi connectivity index (χ0) is 26.9. The molecular formula is C27H53O8P. The number of ether oxygens (including phenoxy) is 2. The summed E-state index contributed by atoms with van der Waals surface area (Å²) in [4.78, 5) is 42.2. The van der Waals surface area contributed by atoms with Crippen LogP contribution in [0.1, 0.15) is 142 Å². The Bertz CT molecular complexity index is 540. The van der Waals surface area contributed by atoms with E-state index in [1.807, 2.05) is 0 Å². The van der Waals surface area contributed by atoms with Crippen molar-refractivity contribution in [3.05, 3.63) is 0 Å². The number of esters is 2. The summed E-state index contributed by atoms with van der Waals surface area (Å²) in [5.41, 5.74) is 0. The highest BCUT2D eigenvalue weighted by molar-refractivity contribution is 7.46. The summed E-state index contributed by atoms with van der Waals surface area (Å²) in [6, 6.07) is 0. The first-order valence-corrected chi connectivity index (χ1v) is 15.9. The molecule has 0 radical (unpaired) electrons. The van der Waals surface area contributed by atoms with Gasteiger partial charge < -0.3 is 19.3 Å². The molecule has 0 aromatic heterocycles. The van der Waals surface area contributed by atoms with Gasteiger partial charge in [-0.2, -0.15) is 0 Å². The SMILES string of the molecule is CCCCCCCCCCCC(=O)OCC(COC(=O)CCCCCCCCCCC)OP(=O)(O)O. The van der Waals surface area contributed by atoms with Gasteiger partial charge in [-0.05, 0) is 12.8 Å². The Hall–Kier alpha value is -0.950. The van der Waals surface area contributed by atoms with E-state index in [0.717, 1.165) is 25.7 Å². The van der Waals surface area contributed by atoms with Crippen LogP contribution in [0.15, 0.2) is 0 Å². The zero-order valence-corrected chi connectivity index (χ0v) is 23.8. The quantitative estimate of drug-likeness (QED) is 0.0667. The first-order valence-electron chi connectivity index (χ1n) is 14.3. The van der Waals surface area contributed by atoms with Crippen molar-refractivity contribution in [3.8, 4) is 0 Å². The molecule has 0 saturated heterocycles. The Morgan fingerprint density at radius 1 is 0.583 bits per heavy atom. The number of hydrogen-bond donors (Lipinski definition) is 2. The van der Waals surface area contributed by atoms with Gasteiger partial charge in [0.1, 0.15) is 19.3 Å². The first-order chi connectivity index (χ1) is 17.3. The van der Waals surface area contributed by atoms with Gasteiger partial charge in [-0.25, -0.2) is 4.57 Å². The highest BCUT2D eigenvalue weighted by Gasteiger charge is 2.25. The first kappa shape index (κ1) is 35.0. The van der Waals surface area contributed by atoms with Gasteiger partial charge >= 0.3 is 19.8 Å². The van der Waals surface area contributed by atoms with Crippen LogP contribution >= 0.6 is 7.82 Å². The average Bonchev–Trinajstić information content (AvgIpc) is 2.82. The molecule has 0 aromatic carbocycles. The molecule has 0 atom stereocenters. The largest absolute Gasteiger partial charge is 0.470 e. The van der Waals surface area contributed by atoms with Crippen molar-refractivity contribution in [2.75, 3.05) is 13.2 Å². The summed E-state index contributed by atoms with van der Waals surface area (Å²) in [5, 5.41) is 0. The van der Waals surface area contributed by atoms with Gasteiger partial charge in [0.2, 0.25) is 0 Å². The zero-order valence-electron chi connectivity index (χ0n) is 22.9. The highest BCUT2D eigenvalue weighted by Crippen LogP contribution is 2.37. The summed E-state index contributed by atoms with van der Waals surface area (Å²) in [6.45, 7) is 3.66. The fraction of sp³-hybridized carbons (Fsp3) is 0.926. The number of carbonyl (C=O) groups excluding carboxylic acids is 2. The van der Waals surface area contributed by atoms with E-state index in [4.69, 9.17) is 19.3 Å². The van der Waals surface area contributed by atoms with Crippen LogP contribution in [0, 0.1) is 0 Å². The smallest absolute Gasteiger partial charge is 0.463 e. The molecule has 8 nitrogen and oxygen atoms in total. The molecule has 0 saturated carbocycles. The number of phosphoric ester groups is 1. The molecule has 0 aromatic rings. The predicted molar refractivity (Wildman–Crippen MR) is 143 cm³/mol. The van der Waals surface area contributed by atoms with Gasteiger partial charge in [-0.15, -0.1) is 0 Å². The molecule has 0 fully saturated rings. The van der Waals surface area contributed by atoms with Crippen LogP contribution in [0.4, 0.5) is 0 Å². The lowest BCUT2D eigenvalue weighted by Crippen LogP contribution is -2.27. The van der Waals surface area contributed by atoms with E-state index in [9.17, 15) is 14.2 Å². The number of carbonyl (C=O) groups is 2. The fourth-order valence-electron chi connectivity index (χ4n) is 3.98. The molecule has 0 aliphatic heterocycles. The summed E-state index contributed by atoms with van der Waals surface area (Å²) < 4.78 is 26.1. The van der Waals surface area contributed by atoms with Crippen molar-refractivity contribution in [1.29, 1.82) is 0 Å². The van der Waals surface area contributed by atoms with E-state index >= 15 is 0 Å². The highest BCUT2D eigenvalue weighted by atomic mass is 31.2. The van der Waals surface area contributed by atoms with Gasteiger partial charge in [0.25, 0.3) is 0 Å². The minimum Gasteiger partial charge on any atom is -0.463 e. The molecule has 2 N–H and O–H groups in total. The Kier molecular flexibility index (Phi) is 23.7. The molecule has 0 heterocycles. The number of phosphoric acid groups is 1. The maximum atomic E-state index is 12.0. The Labute approximate surface area is 219 Å². The van der Waals surface area contributed by atoms with Crippen molar-refractivity contribution >= 4 is 19.8 Å². The van der Waals surface area contributed by atoms with Crippen LogP contribution in [0.3, 0.4) is 0 Å². The average molecular weight is 537 g/mol. The van der Waals surface area contributed by atoms with E-state index in [2.05, 4.69) is 18.4 Å². The molecule has 0 aliphatic carbocycles. The molecule has 36 heavy (non-hydrogen) atoms. The molecule has 0 bridgehead atoms. The number of hydrogen-bond acceptors (Lipinski definition) is 6. The van der Waals surface area contributed by atoms with Crippen LogP contribution in [0.25, 0.3) is 0 Å². The van der Waals surface area contributed by atoms with Crippen molar-refractivity contribution < 1.29 is 37.9 Å². The summed E-state index contributed by atoms with van der Waals surface area (Å²) in [6.07, 6.45) is 19.7. The lowest BCUT2D eigenvalue weighted by molar-refractivity contribution is -0.152. The van der Waals surface area contributed by atoms with Crippen molar-refractivity contribution in [3.63, 3.8) is 0 Å². The van der Waals surface area contributed by atoms with Crippen LogP contribution < -0.4 is 0 Å². The minimum absolute atomic E-state index is 0.247. The summed E-state index contributed by atoms with van der Waals surface area (Å²) in [5.74, 6) is -0.892. The summed E-state index contributed by atoms with van der Waals surface area (Å²) in [7, 11) is -4.81. The second-order valence-electron chi connectivity index (χ2n) is 9.74.